The third-order valence-corrected chi connectivity index (χ3v) is 6.76. The van der Waals surface area contributed by atoms with Gasteiger partial charge in [-0.3, -0.25) is 5.01 Å². The Morgan fingerprint density at radius 1 is 1.05 bits per heavy atom. The van der Waals surface area contributed by atoms with Crippen LogP contribution in [0.4, 0.5) is 24.5 Å². The molecule has 2 atom stereocenters. The van der Waals surface area contributed by atoms with E-state index >= 15 is 0 Å². The molecule has 0 radical (unpaired) electrons. The van der Waals surface area contributed by atoms with Crippen molar-refractivity contribution in [3.05, 3.63) is 48.0 Å². The second-order valence-electron chi connectivity index (χ2n) is 8.88. The van der Waals surface area contributed by atoms with Crippen LogP contribution in [0.2, 0.25) is 0 Å². The lowest BCUT2D eigenvalue weighted by atomic mass is 9.95. The van der Waals surface area contributed by atoms with E-state index in [1.165, 1.54) is 5.01 Å². The summed E-state index contributed by atoms with van der Waals surface area (Å²) in [6.07, 6.45) is -2.30. The first kappa shape index (κ1) is 28.2. The van der Waals surface area contributed by atoms with Crippen LogP contribution in [0.15, 0.2) is 47.6 Å². The highest BCUT2D eigenvalue weighted by molar-refractivity contribution is 5.95. The van der Waals surface area contributed by atoms with Crippen molar-refractivity contribution in [3.63, 3.8) is 0 Å². The second-order valence-corrected chi connectivity index (χ2v) is 8.88. The van der Waals surface area contributed by atoms with E-state index in [4.69, 9.17) is 9.47 Å². The summed E-state index contributed by atoms with van der Waals surface area (Å²) in [4.78, 5) is 2.17. The molecule has 0 N–H and O–H groups in total. The number of benzene rings is 2. The molecule has 2 aliphatic heterocycles. The van der Waals surface area contributed by atoms with Crippen molar-refractivity contribution >= 4 is 17.1 Å². The van der Waals surface area contributed by atoms with Crippen molar-refractivity contribution in [2.24, 2.45) is 11.0 Å². The highest BCUT2D eigenvalue weighted by Gasteiger charge is 2.47. The SMILES string of the molecule is CC.CC[C@H]1C(C)C(C(F)(F)F)=NN1c1ccc(OC2CCN(c3cc(OC)ccc3C#N)CC2)cc1. The fourth-order valence-electron chi connectivity index (χ4n) is 4.84. The normalized spacial score (nSPS) is 20.0. The largest absolute Gasteiger partial charge is 0.497 e. The van der Waals surface area contributed by atoms with Crippen LogP contribution in [0.3, 0.4) is 0 Å². The molecule has 0 amide bonds. The van der Waals surface area contributed by atoms with Crippen molar-refractivity contribution < 1.29 is 22.6 Å². The lowest BCUT2D eigenvalue weighted by molar-refractivity contribution is -0.0620. The molecule has 2 aromatic carbocycles. The molecule has 2 aliphatic rings. The molecule has 200 valence electrons. The number of halogens is 3. The first-order chi connectivity index (χ1) is 17.7. The van der Waals surface area contributed by atoms with Crippen molar-refractivity contribution in [3.8, 4) is 17.6 Å². The van der Waals surface area contributed by atoms with Crippen molar-refractivity contribution in [1.29, 1.82) is 5.26 Å². The maximum absolute atomic E-state index is 13.3. The van der Waals surface area contributed by atoms with Gasteiger partial charge >= 0.3 is 6.18 Å². The number of methoxy groups -OCH3 is 1. The molecule has 37 heavy (non-hydrogen) atoms. The highest BCUT2D eigenvalue weighted by Crippen LogP contribution is 2.37. The first-order valence-electron chi connectivity index (χ1n) is 12.8. The van der Waals surface area contributed by atoms with Gasteiger partial charge in [0, 0.05) is 37.9 Å². The quantitative estimate of drug-likeness (QED) is 0.423. The molecule has 2 heterocycles. The van der Waals surface area contributed by atoms with E-state index in [9.17, 15) is 18.4 Å². The summed E-state index contributed by atoms with van der Waals surface area (Å²) in [7, 11) is 1.60. The number of anilines is 2. The molecule has 1 unspecified atom stereocenters. The van der Waals surface area contributed by atoms with Crippen molar-refractivity contribution in [2.45, 2.75) is 65.3 Å². The van der Waals surface area contributed by atoms with Gasteiger partial charge in [0.15, 0.2) is 0 Å². The minimum Gasteiger partial charge on any atom is -0.497 e. The standard InChI is InChI=1S/C26H29F3N4O2.C2H6/c1-4-23-17(2)25(26(27,28)29)31-33(23)19-6-9-20(10-7-19)35-21-11-13-32(14-12-21)24-15-22(34-3)8-5-18(24)16-30;1-2/h5-10,15,17,21,23H,4,11-14H2,1-3H3;1-2H3/t17?,23-;/m0./s1. The monoisotopic (exact) mass is 516 g/mol. The van der Waals surface area contributed by atoms with Gasteiger partial charge in [0.1, 0.15) is 29.4 Å². The Balaban J connectivity index is 0.00000186. The van der Waals surface area contributed by atoms with E-state index in [2.05, 4.69) is 16.1 Å². The predicted octanol–water partition coefficient (Wildman–Crippen LogP) is 6.79. The Morgan fingerprint density at radius 3 is 2.22 bits per heavy atom. The van der Waals surface area contributed by atoms with E-state index in [1.54, 1.807) is 50.4 Å². The fraction of sp³-hybridized carbons (Fsp3) is 0.500. The van der Waals surface area contributed by atoms with Crippen LogP contribution in [0.25, 0.3) is 0 Å². The van der Waals surface area contributed by atoms with Crippen LogP contribution in [0.1, 0.15) is 52.5 Å². The van der Waals surface area contributed by atoms with Crippen molar-refractivity contribution in [1.82, 2.24) is 0 Å². The maximum atomic E-state index is 13.3. The number of ether oxygens (including phenoxy) is 2. The van der Waals surface area contributed by atoms with Crippen LogP contribution in [-0.2, 0) is 0 Å². The molecular weight excluding hydrogens is 481 g/mol. The van der Waals surface area contributed by atoms with Crippen LogP contribution in [0.5, 0.6) is 11.5 Å². The van der Waals surface area contributed by atoms with E-state index in [0.717, 1.165) is 31.6 Å². The van der Waals surface area contributed by atoms with Crippen LogP contribution >= 0.6 is 0 Å². The van der Waals surface area contributed by atoms with E-state index < -0.39 is 17.8 Å². The summed E-state index contributed by atoms with van der Waals surface area (Å²) in [5.41, 5.74) is 1.36. The zero-order valence-corrected chi connectivity index (χ0v) is 22.0. The van der Waals surface area contributed by atoms with Gasteiger partial charge in [-0.1, -0.05) is 27.7 Å². The molecule has 0 aliphatic carbocycles. The summed E-state index contributed by atoms with van der Waals surface area (Å²) in [5.74, 6) is 0.695. The van der Waals surface area contributed by atoms with Gasteiger partial charge in [-0.15, -0.1) is 0 Å². The Hall–Kier alpha value is -3.41. The highest BCUT2D eigenvalue weighted by atomic mass is 19.4. The van der Waals surface area contributed by atoms with Gasteiger partial charge in [0.25, 0.3) is 0 Å². The van der Waals surface area contributed by atoms with Crippen LogP contribution in [0, 0.1) is 17.2 Å². The summed E-state index contributed by atoms with van der Waals surface area (Å²) in [6, 6.07) is 14.4. The second kappa shape index (κ2) is 12.2. The number of rotatable bonds is 6. The topological polar surface area (TPSA) is 61.1 Å². The summed E-state index contributed by atoms with van der Waals surface area (Å²) in [5, 5.41) is 14.9. The van der Waals surface area contributed by atoms with Gasteiger partial charge in [0.05, 0.1) is 30.1 Å². The molecule has 6 nitrogen and oxygen atoms in total. The third kappa shape index (κ3) is 6.30. The number of piperidine rings is 1. The molecule has 9 heteroatoms. The van der Waals surface area contributed by atoms with E-state index in [1.807, 2.05) is 26.8 Å². The van der Waals surface area contributed by atoms with Gasteiger partial charge < -0.3 is 14.4 Å². The lowest BCUT2D eigenvalue weighted by Crippen LogP contribution is -2.38. The fourth-order valence-corrected chi connectivity index (χ4v) is 4.84. The number of hydrazone groups is 1. The molecule has 4 rings (SSSR count). The molecule has 0 saturated carbocycles. The minimum atomic E-state index is -4.43. The average molecular weight is 517 g/mol. The molecule has 0 spiro atoms. The summed E-state index contributed by atoms with van der Waals surface area (Å²) < 4.78 is 51.5. The number of nitrogens with zero attached hydrogens (tertiary/aromatic N) is 4. The Bertz CT molecular complexity index is 1100. The smallest absolute Gasteiger partial charge is 0.431 e. The maximum Gasteiger partial charge on any atom is 0.431 e. The zero-order chi connectivity index (χ0) is 27.2. The molecule has 2 aromatic rings. The Morgan fingerprint density at radius 2 is 1.68 bits per heavy atom. The minimum absolute atomic E-state index is 0.0123. The third-order valence-electron chi connectivity index (χ3n) is 6.76. The summed E-state index contributed by atoms with van der Waals surface area (Å²) >= 11 is 0. The van der Waals surface area contributed by atoms with Crippen molar-refractivity contribution in [2.75, 3.05) is 30.1 Å². The zero-order valence-electron chi connectivity index (χ0n) is 22.0. The lowest BCUT2D eigenvalue weighted by Gasteiger charge is -2.34. The van der Waals surface area contributed by atoms with Crippen LogP contribution < -0.4 is 19.4 Å². The Labute approximate surface area is 217 Å². The van der Waals surface area contributed by atoms with Gasteiger partial charge in [-0.25, -0.2) is 0 Å². The number of nitriles is 1. The molecule has 0 bridgehead atoms. The first-order valence-corrected chi connectivity index (χ1v) is 12.8. The summed E-state index contributed by atoms with van der Waals surface area (Å²) in [6.45, 7) is 8.93. The average Bonchev–Trinajstić information content (AvgIpc) is 3.27. The van der Waals surface area contributed by atoms with Gasteiger partial charge in [0.2, 0.25) is 0 Å². The van der Waals surface area contributed by atoms with Gasteiger partial charge in [-0.05, 0) is 42.8 Å². The predicted molar refractivity (Wildman–Crippen MR) is 141 cm³/mol. The van der Waals surface area contributed by atoms with Gasteiger partial charge in [-0.2, -0.15) is 23.5 Å². The molecular formula is C28H35F3N4O2. The Kier molecular flexibility index (Phi) is 9.30. The number of alkyl halides is 3. The molecule has 1 fully saturated rings. The van der Waals surface area contributed by atoms with E-state index in [-0.39, 0.29) is 12.1 Å². The number of hydrogen-bond acceptors (Lipinski definition) is 6. The van der Waals surface area contributed by atoms with E-state index in [0.29, 0.717) is 29.2 Å². The van der Waals surface area contributed by atoms with Crippen LogP contribution in [-0.4, -0.2) is 44.2 Å². The molecule has 0 aromatic heterocycles. The number of hydrogen-bond donors (Lipinski definition) is 0. The molecule has 1 saturated heterocycles.